The van der Waals surface area contributed by atoms with E-state index in [0.29, 0.717) is 6.04 Å². The van der Waals surface area contributed by atoms with Crippen molar-refractivity contribution < 1.29 is 0 Å². The molecule has 0 unspecified atom stereocenters. The van der Waals surface area contributed by atoms with Crippen LogP contribution in [0.25, 0.3) is 0 Å². The van der Waals surface area contributed by atoms with E-state index in [1.54, 1.807) is 0 Å². The molecule has 3 rings (SSSR count). The van der Waals surface area contributed by atoms with E-state index in [9.17, 15) is 0 Å². The second-order valence-corrected chi connectivity index (χ2v) is 7.67. The van der Waals surface area contributed by atoms with Crippen molar-refractivity contribution in [3.8, 4) is 0 Å². The smallest absolute Gasteiger partial charge is 0.00966 e. The van der Waals surface area contributed by atoms with Gasteiger partial charge in [-0.05, 0) is 63.2 Å². The van der Waals surface area contributed by atoms with Crippen LogP contribution in [0.4, 0.5) is 0 Å². The SMILES string of the molecule is CC(C)NC1CCC(N(CC2CC2)CC2CC2)CC1. The zero-order chi connectivity index (χ0) is 13.2. The van der Waals surface area contributed by atoms with Gasteiger partial charge >= 0.3 is 0 Å². The van der Waals surface area contributed by atoms with E-state index in [1.807, 2.05) is 0 Å². The molecule has 3 fully saturated rings. The molecule has 0 atom stereocenters. The topological polar surface area (TPSA) is 15.3 Å². The monoisotopic (exact) mass is 264 g/mol. The van der Waals surface area contributed by atoms with Crippen molar-refractivity contribution in [3.63, 3.8) is 0 Å². The van der Waals surface area contributed by atoms with Crippen LogP contribution in [0, 0.1) is 11.8 Å². The van der Waals surface area contributed by atoms with Crippen molar-refractivity contribution in [2.45, 2.75) is 83.3 Å². The summed E-state index contributed by atoms with van der Waals surface area (Å²) in [5, 5.41) is 3.73. The second-order valence-electron chi connectivity index (χ2n) is 7.67. The molecule has 3 aliphatic carbocycles. The molecule has 19 heavy (non-hydrogen) atoms. The van der Waals surface area contributed by atoms with Gasteiger partial charge in [-0.15, -0.1) is 0 Å². The Morgan fingerprint density at radius 2 is 1.37 bits per heavy atom. The normalized spacial score (nSPS) is 32.2. The Kier molecular flexibility index (Phi) is 4.48. The highest BCUT2D eigenvalue weighted by atomic mass is 15.2. The first-order valence-electron chi connectivity index (χ1n) is 8.71. The zero-order valence-corrected chi connectivity index (χ0v) is 12.9. The molecule has 0 spiro atoms. The molecule has 0 heterocycles. The Balaban J connectivity index is 1.46. The number of hydrogen-bond donors (Lipinski definition) is 1. The van der Waals surface area contributed by atoms with Gasteiger partial charge in [0.05, 0.1) is 0 Å². The van der Waals surface area contributed by atoms with Gasteiger partial charge in [0, 0.05) is 31.2 Å². The summed E-state index contributed by atoms with van der Waals surface area (Å²) in [6.07, 6.45) is 11.7. The summed E-state index contributed by atoms with van der Waals surface area (Å²) in [7, 11) is 0. The van der Waals surface area contributed by atoms with Crippen LogP contribution < -0.4 is 5.32 Å². The maximum atomic E-state index is 3.73. The van der Waals surface area contributed by atoms with E-state index in [2.05, 4.69) is 24.1 Å². The third kappa shape index (κ3) is 4.46. The van der Waals surface area contributed by atoms with Gasteiger partial charge in [-0.2, -0.15) is 0 Å². The van der Waals surface area contributed by atoms with Gasteiger partial charge in [0.15, 0.2) is 0 Å². The summed E-state index contributed by atoms with van der Waals surface area (Å²) in [4.78, 5) is 2.89. The van der Waals surface area contributed by atoms with Crippen molar-refractivity contribution in [1.29, 1.82) is 0 Å². The molecule has 0 aromatic rings. The predicted molar refractivity (Wildman–Crippen MR) is 81.3 cm³/mol. The van der Waals surface area contributed by atoms with Gasteiger partial charge in [-0.1, -0.05) is 13.8 Å². The van der Waals surface area contributed by atoms with E-state index in [-0.39, 0.29) is 0 Å². The summed E-state index contributed by atoms with van der Waals surface area (Å²) in [5.41, 5.74) is 0. The van der Waals surface area contributed by atoms with Gasteiger partial charge < -0.3 is 5.32 Å². The van der Waals surface area contributed by atoms with Gasteiger partial charge in [0.1, 0.15) is 0 Å². The highest BCUT2D eigenvalue weighted by Crippen LogP contribution is 2.36. The van der Waals surface area contributed by atoms with E-state index < -0.39 is 0 Å². The lowest BCUT2D eigenvalue weighted by Gasteiger charge is -2.38. The average Bonchev–Trinajstić information content (AvgIpc) is 3.23. The molecule has 3 saturated carbocycles. The Bertz CT molecular complexity index is 259. The Morgan fingerprint density at radius 1 is 0.842 bits per heavy atom. The highest BCUT2D eigenvalue weighted by molar-refractivity contribution is 4.89. The molecule has 3 aliphatic rings. The fourth-order valence-electron chi connectivity index (χ4n) is 3.72. The lowest BCUT2D eigenvalue weighted by Crippen LogP contribution is -2.45. The van der Waals surface area contributed by atoms with Crippen LogP contribution in [0.2, 0.25) is 0 Å². The quantitative estimate of drug-likeness (QED) is 0.758. The lowest BCUT2D eigenvalue weighted by atomic mass is 9.89. The van der Waals surface area contributed by atoms with Gasteiger partial charge in [-0.3, -0.25) is 4.90 Å². The third-order valence-electron chi connectivity index (χ3n) is 5.16. The molecule has 2 heteroatoms. The van der Waals surface area contributed by atoms with E-state index in [4.69, 9.17) is 0 Å². The molecule has 1 N–H and O–H groups in total. The number of hydrogen-bond acceptors (Lipinski definition) is 2. The summed E-state index contributed by atoms with van der Waals surface area (Å²) in [6, 6.07) is 2.35. The molecule has 0 radical (unpaired) electrons. The predicted octanol–water partition coefficient (Wildman–Crippen LogP) is 3.42. The Hall–Kier alpha value is -0.0800. The first-order chi connectivity index (χ1) is 9.20. The average molecular weight is 264 g/mol. The van der Waals surface area contributed by atoms with Gasteiger partial charge in [0.2, 0.25) is 0 Å². The van der Waals surface area contributed by atoms with Crippen LogP contribution in [-0.2, 0) is 0 Å². The first-order valence-corrected chi connectivity index (χ1v) is 8.71. The van der Waals surface area contributed by atoms with Crippen LogP contribution in [0.1, 0.15) is 65.2 Å². The maximum Gasteiger partial charge on any atom is 0.00966 e. The van der Waals surface area contributed by atoms with Crippen molar-refractivity contribution >= 4 is 0 Å². The fraction of sp³-hybridized carbons (Fsp3) is 1.00. The molecular formula is C17H32N2. The van der Waals surface area contributed by atoms with E-state index >= 15 is 0 Å². The highest BCUT2D eigenvalue weighted by Gasteiger charge is 2.34. The molecular weight excluding hydrogens is 232 g/mol. The lowest BCUT2D eigenvalue weighted by molar-refractivity contribution is 0.130. The largest absolute Gasteiger partial charge is 0.312 e. The van der Waals surface area contributed by atoms with Crippen LogP contribution in [0.5, 0.6) is 0 Å². The molecule has 110 valence electrons. The number of nitrogens with zero attached hydrogens (tertiary/aromatic N) is 1. The third-order valence-corrected chi connectivity index (χ3v) is 5.16. The Morgan fingerprint density at radius 3 is 1.79 bits per heavy atom. The van der Waals surface area contributed by atoms with Gasteiger partial charge in [-0.25, -0.2) is 0 Å². The summed E-state index contributed by atoms with van der Waals surface area (Å²) in [5.74, 6) is 2.12. The molecule has 0 saturated heterocycles. The summed E-state index contributed by atoms with van der Waals surface area (Å²) in [6.45, 7) is 7.39. The van der Waals surface area contributed by atoms with Gasteiger partial charge in [0.25, 0.3) is 0 Å². The molecule has 0 aromatic heterocycles. The minimum absolute atomic E-state index is 0.649. The molecule has 2 nitrogen and oxygen atoms in total. The van der Waals surface area contributed by atoms with E-state index in [0.717, 1.165) is 23.9 Å². The molecule has 0 aliphatic heterocycles. The van der Waals surface area contributed by atoms with Crippen LogP contribution >= 0.6 is 0 Å². The summed E-state index contributed by atoms with van der Waals surface area (Å²) >= 11 is 0. The van der Waals surface area contributed by atoms with Crippen LogP contribution in [-0.4, -0.2) is 36.1 Å². The summed E-state index contributed by atoms with van der Waals surface area (Å²) < 4.78 is 0. The minimum atomic E-state index is 0.649. The molecule has 0 bridgehead atoms. The minimum Gasteiger partial charge on any atom is -0.312 e. The van der Waals surface area contributed by atoms with Crippen molar-refractivity contribution in [3.05, 3.63) is 0 Å². The van der Waals surface area contributed by atoms with Crippen LogP contribution in [0.15, 0.2) is 0 Å². The van der Waals surface area contributed by atoms with Crippen molar-refractivity contribution in [1.82, 2.24) is 10.2 Å². The standard InChI is InChI=1S/C17H32N2/c1-13(2)18-16-7-9-17(10-8-16)19(11-14-3-4-14)12-15-5-6-15/h13-18H,3-12H2,1-2H3. The maximum absolute atomic E-state index is 3.73. The van der Waals surface area contributed by atoms with Crippen LogP contribution in [0.3, 0.4) is 0 Å². The first kappa shape index (κ1) is 13.9. The Labute approximate surface area is 119 Å². The second kappa shape index (κ2) is 6.13. The number of nitrogens with one attached hydrogen (secondary N) is 1. The van der Waals surface area contributed by atoms with Crippen molar-refractivity contribution in [2.75, 3.05) is 13.1 Å². The van der Waals surface area contributed by atoms with Crippen molar-refractivity contribution in [2.24, 2.45) is 11.8 Å². The fourth-order valence-corrected chi connectivity index (χ4v) is 3.72. The number of rotatable bonds is 7. The van der Waals surface area contributed by atoms with E-state index in [1.165, 1.54) is 64.5 Å². The molecule has 0 amide bonds. The molecule has 0 aromatic carbocycles. The zero-order valence-electron chi connectivity index (χ0n) is 12.9.